The molecule has 66 valence electrons. The first-order valence-electron chi connectivity index (χ1n) is 3.72. The van der Waals surface area contributed by atoms with Crippen LogP contribution in [0.25, 0.3) is 0 Å². The van der Waals surface area contributed by atoms with Crippen molar-refractivity contribution in [2.75, 3.05) is 0 Å². The molecule has 0 spiro atoms. The standard InChI is InChI=1S/C9H12FNS/c1-7-3-5-8(6-4-7)9(2,11)12-10/h3-6H,11H2,1-2H3. The largest absolute Gasteiger partial charge is 0.311 e. The van der Waals surface area contributed by atoms with Crippen molar-refractivity contribution in [3.8, 4) is 0 Å². The lowest BCUT2D eigenvalue weighted by Crippen LogP contribution is -2.27. The van der Waals surface area contributed by atoms with Gasteiger partial charge in [0.25, 0.3) is 0 Å². The SMILES string of the molecule is Cc1ccc(C(C)(N)SF)cc1. The molecular formula is C9H12FNS. The molecule has 0 fully saturated rings. The molecule has 1 nitrogen and oxygen atoms in total. The van der Waals surface area contributed by atoms with Gasteiger partial charge in [-0.2, -0.15) is 3.89 Å². The molecule has 0 bridgehead atoms. The summed E-state index contributed by atoms with van der Waals surface area (Å²) >= 11 is 0.164. The molecule has 1 aromatic rings. The first-order chi connectivity index (χ1) is 5.56. The summed E-state index contributed by atoms with van der Waals surface area (Å²) in [5, 5.41) is 0. The van der Waals surface area contributed by atoms with Crippen molar-refractivity contribution in [3.63, 3.8) is 0 Å². The molecule has 0 aromatic heterocycles. The van der Waals surface area contributed by atoms with Gasteiger partial charge in [0.1, 0.15) is 4.87 Å². The molecule has 0 amide bonds. The molecule has 0 aliphatic heterocycles. The van der Waals surface area contributed by atoms with Crippen molar-refractivity contribution in [2.45, 2.75) is 18.7 Å². The number of aryl methyl sites for hydroxylation is 1. The molecule has 1 aromatic carbocycles. The number of halogens is 1. The molecule has 2 N–H and O–H groups in total. The predicted octanol–water partition coefficient (Wildman–Crippen LogP) is 2.74. The number of hydrogen-bond donors (Lipinski definition) is 1. The summed E-state index contributed by atoms with van der Waals surface area (Å²) in [6, 6.07) is 7.55. The Bertz CT molecular complexity index is 256. The maximum Gasteiger partial charge on any atom is 0.116 e. The molecule has 0 saturated heterocycles. The minimum absolute atomic E-state index is 0.164. The van der Waals surface area contributed by atoms with E-state index in [2.05, 4.69) is 0 Å². The summed E-state index contributed by atoms with van der Waals surface area (Å²) in [7, 11) is 0. The van der Waals surface area contributed by atoms with Crippen LogP contribution in [0, 0.1) is 6.92 Å². The Kier molecular flexibility index (Phi) is 2.75. The van der Waals surface area contributed by atoms with Crippen LogP contribution in [0.2, 0.25) is 0 Å². The van der Waals surface area contributed by atoms with Gasteiger partial charge in [-0.05, 0) is 19.4 Å². The third-order valence-electron chi connectivity index (χ3n) is 1.79. The van der Waals surface area contributed by atoms with Gasteiger partial charge in [-0.3, -0.25) is 0 Å². The molecule has 3 heteroatoms. The molecule has 0 heterocycles. The average Bonchev–Trinajstić information content (AvgIpc) is 2.05. The first kappa shape index (κ1) is 9.55. The zero-order valence-electron chi connectivity index (χ0n) is 7.17. The zero-order valence-corrected chi connectivity index (χ0v) is 7.99. The summed E-state index contributed by atoms with van der Waals surface area (Å²) in [4.78, 5) is -0.923. The van der Waals surface area contributed by atoms with E-state index in [1.54, 1.807) is 6.92 Å². The lowest BCUT2D eigenvalue weighted by molar-refractivity contribution is 0.705. The van der Waals surface area contributed by atoms with Crippen molar-refractivity contribution < 1.29 is 3.89 Å². The van der Waals surface area contributed by atoms with Crippen molar-refractivity contribution >= 4 is 12.1 Å². The van der Waals surface area contributed by atoms with Gasteiger partial charge in [-0.1, -0.05) is 29.8 Å². The normalized spacial score (nSPS) is 15.7. The minimum Gasteiger partial charge on any atom is -0.311 e. The first-order valence-corrected chi connectivity index (χ1v) is 4.44. The van der Waals surface area contributed by atoms with E-state index >= 15 is 0 Å². The van der Waals surface area contributed by atoms with Gasteiger partial charge >= 0.3 is 0 Å². The quantitative estimate of drug-likeness (QED) is 0.717. The van der Waals surface area contributed by atoms with Gasteiger partial charge in [-0.15, -0.1) is 0 Å². The van der Waals surface area contributed by atoms with Crippen molar-refractivity contribution in [1.82, 2.24) is 0 Å². The van der Waals surface area contributed by atoms with Crippen LogP contribution >= 0.6 is 12.1 Å². The fourth-order valence-corrected chi connectivity index (χ4v) is 1.15. The smallest absolute Gasteiger partial charge is 0.116 e. The molecule has 1 unspecified atom stereocenters. The highest BCUT2D eigenvalue weighted by Crippen LogP contribution is 2.30. The Balaban J connectivity index is 2.96. The molecule has 0 saturated carbocycles. The lowest BCUT2D eigenvalue weighted by atomic mass is 10.1. The van der Waals surface area contributed by atoms with Crippen LogP contribution in [0.3, 0.4) is 0 Å². The Hall–Kier alpha value is -0.540. The second-order valence-corrected chi connectivity index (χ2v) is 4.05. The number of nitrogens with two attached hydrogens (primary N) is 1. The van der Waals surface area contributed by atoms with Crippen molar-refractivity contribution in [2.24, 2.45) is 5.73 Å². The third kappa shape index (κ3) is 1.99. The maximum atomic E-state index is 12.3. The van der Waals surface area contributed by atoms with E-state index in [1.165, 1.54) is 0 Å². The van der Waals surface area contributed by atoms with E-state index in [4.69, 9.17) is 5.73 Å². The average molecular weight is 185 g/mol. The van der Waals surface area contributed by atoms with Gasteiger partial charge in [0.05, 0.1) is 12.1 Å². The summed E-state index contributed by atoms with van der Waals surface area (Å²) in [6.45, 7) is 3.64. The molecule has 1 atom stereocenters. The summed E-state index contributed by atoms with van der Waals surface area (Å²) in [5.41, 5.74) is 7.63. The van der Waals surface area contributed by atoms with Crippen LogP contribution in [-0.4, -0.2) is 0 Å². The summed E-state index contributed by atoms with van der Waals surface area (Å²) in [6.07, 6.45) is 0. The Morgan fingerprint density at radius 3 is 2.25 bits per heavy atom. The van der Waals surface area contributed by atoms with E-state index in [1.807, 2.05) is 31.2 Å². The summed E-state index contributed by atoms with van der Waals surface area (Å²) in [5.74, 6) is 0. The van der Waals surface area contributed by atoms with Crippen molar-refractivity contribution in [1.29, 1.82) is 0 Å². The van der Waals surface area contributed by atoms with E-state index in [-0.39, 0.29) is 12.1 Å². The van der Waals surface area contributed by atoms with Crippen molar-refractivity contribution in [3.05, 3.63) is 35.4 Å². The lowest BCUT2D eigenvalue weighted by Gasteiger charge is -2.19. The van der Waals surface area contributed by atoms with Gasteiger partial charge in [0, 0.05) is 0 Å². The van der Waals surface area contributed by atoms with Crippen LogP contribution in [-0.2, 0) is 4.87 Å². The van der Waals surface area contributed by atoms with E-state index in [0.29, 0.717) is 0 Å². The van der Waals surface area contributed by atoms with Crippen LogP contribution in [0.5, 0.6) is 0 Å². The minimum atomic E-state index is -0.923. The summed E-state index contributed by atoms with van der Waals surface area (Å²) < 4.78 is 12.3. The second-order valence-electron chi connectivity index (χ2n) is 3.05. The fourth-order valence-electron chi connectivity index (χ4n) is 0.929. The monoisotopic (exact) mass is 185 g/mol. The van der Waals surface area contributed by atoms with E-state index in [0.717, 1.165) is 11.1 Å². The van der Waals surface area contributed by atoms with Gasteiger partial charge in [0.2, 0.25) is 0 Å². The van der Waals surface area contributed by atoms with E-state index in [9.17, 15) is 3.89 Å². The van der Waals surface area contributed by atoms with Gasteiger partial charge < -0.3 is 5.73 Å². The molecule has 0 aliphatic rings. The highest BCUT2D eigenvalue weighted by molar-refractivity contribution is 7.95. The molecule has 1 rings (SSSR count). The Morgan fingerprint density at radius 1 is 1.33 bits per heavy atom. The molecule has 0 radical (unpaired) electrons. The zero-order chi connectivity index (χ0) is 9.19. The van der Waals surface area contributed by atoms with E-state index < -0.39 is 4.87 Å². The highest BCUT2D eigenvalue weighted by Gasteiger charge is 2.21. The van der Waals surface area contributed by atoms with Gasteiger partial charge in [0.15, 0.2) is 0 Å². The van der Waals surface area contributed by atoms with Crippen LogP contribution in [0.15, 0.2) is 24.3 Å². The third-order valence-corrected chi connectivity index (χ3v) is 2.34. The molecule has 0 aliphatic carbocycles. The van der Waals surface area contributed by atoms with Crippen LogP contribution in [0.1, 0.15) is 18.1 Å². The number of benzene rings is 1. The van der Waals surface area contributed by atoms with Gasteiger partial charge in [-0.25, -0.2) is 0 Å². The highest BCUT2D eigenvalue weighted by atomic mass is 32.2. The Labute approximate surface area is 76.5 Å². The Morgan fingerprint density at radius 2 is 1.83 bits per heavy atom. The second kappa shape index (κ2) is 3.46. The topological polar surface area (TPSA) is 26.0 Å². The number of hydrogen-bond acceptors (Lipinski definition) is 2. The van der Waals surface area contributed by atoms with Crippen LogP contribution in [0.4, 0.5) is 3.89 Å². The maximum absolute atomic E-state index is 12.3. The fraction of sp³-hybridized carbons (Fsp3) is 0.333. The number of rotatable bonds is 2. The van der Waals surface area contributed by atoms with Crippen LogP contribution < -0.4 is 5.73 Å². The predicted molar refractivity (Wildman–Crippen MR) is 51.4 cm³/mol. The molecular weight excluding hydrogens is 173 g/mol. The molecule has 12 heavy (non-hydrogen) atoms.